The second kappa shape index (κ2) is 12.1. The zero-order chi connectivity index (χ0) is 24.5. The summed E-state index contributed by atoms with van der Waals surface area (Å²) in [5.74, 6) is -2.08. The van der Waals surface area contributed by atoms with Crippen molar-refractivity contribution in [2.45, 2.75) is 31.8 Å². The van der Waals surface area contributed by atoms with E-state index in [2.05, 4.69) is 10.6 Å². The van der Waals surface area contributed by atoms with Gasteiger partial charge in [-0.15, -0.1) is 0 Å². The van der Waals surface area contributed by atoms with Crippen molar-refractivity contribution < 1.29 is 43.3 Å². The first kappa shape index (κ1) is 25.1. The predicted molar refractivity (Wildman–Crippen MR) is 115 cm³/mol. The van der Waals surface area contributed by atoms with Crippen molar-refractivity contribution in [3.63, 3.8) is 0 Å². The summed E-state index contributed by atoms with van der Waals surface area (Å²) < 4.78 is 16.0. The summed E-state index contributed by atoms with van der Waals surface area (Å²) in [6, 6.07) is 4.21. The highest BCUT2D eigenvalue weighted by atomic mass is 16.5. The number of benzene rings is 1. The number of carbonyl (C=O) groups excluding carboxylic acids is 4. The number of nitrogens with zero attached hydrogens (tertiary/aromatic N) is 1. The van der Waals surface area contributed by atoms with Gasteiger partial charge in [0.15, 0.2) is 6.61 Å². The van der Waals surface area contributed by atoms with E-state index in [9.17, 15) is 24.0 Å². The van der Waals surface area contributed by atoms with Crippen LogP contribution in [-0.2, 0) is 35.2 Å². The number of carboxylic acids is 1. The van der Waals surface area contributed by atoms with Crippen molar-refractivity contribution in [2.24, 2.45) is 0 Å². The molecule has 0 aromatic heterocycles. The van der Waals surface area contributed by atoms with Gasteiger partial charge in [0.1, 0.15) is 11.8 Å². The van der Waals surface area contributed by atoms with Crippen LogP contribution in [0.15, 0.2) is 18.2 Å². The topological polar surface area (TPSA) is 161 Å². The van der Waals surface area contributed by atoms with Crippen LogP contribution in [0.25, 0.3) is 0 Å². The van der Waals surface area contributed by atoms with Crippen molar-refractivity contribution >= 4 is 29.6 Å². The van der Waals surface area contributed by atoms with Crippen LogP contribution in [0.2, 0.25) is 0 Å². The number of nitrogens with one attached hydrogen (secondary N) is 2. The summed E-state index contributed by atoms with van der Waals surface area (Å²) >= 11 is 0. The molecular weight excluding hydrogens is 450 g/mol. The first-order chi connectivity index (χ1) is 16.4. The van der Waals surface area contributed by atoms with Crippen LogP contribution in [0.3, 0.4) is 0 Å². The number of rotatable bonds is 13. The van der Waals surface area contributed by atoms with Crippen LogP contribution in [-0.4, -0.2) is 85.2 Å². The minimum absolute atomic E-state index is 0.0657. The lowest BCUT2D eigenvalue weighted by atomic mass is 10.0. The molecule has 3 N–H and O–H groups in total. The Kier molecular flexibility index (Phi) is 8.93. The highest BCUT2D eigenvalue weighted by molar-refractivity contribution is 6.05. The van der Waals surface area contributed by atoms with Crippen LogP contribution >= 0.6 is 0 Å². The van der Waals surface area contributed by atoms with Gasteiger partial charge in [0.25, 0.3) is 11.8 Å². The summed E-state index contributed by atoms with van der Waals surface area (Å²) in [5.41, 5.74) is 0.998. The second-order valence-corrected chi connectivity index (χ2v) is 7.69. The molecule has 0 spiro atoms. The number of hydrogen-bond donors (Lipinski definition) is 3. The fraction of sp³-hybridized carbons (Fsp3) is 0.500. The van der Waals surface area contributed by atoms with Crippen molar-refractivity contribution in [1.82, 2.24) is 15.5 Å². The zero-order valence-electron chi connectivity index (χ0n) is 18.5. The van der Waals surface area contributed by atoms with Crippen molar-refractivity contribution in [3.8, 4) is 5.75 Å². The number of piperidine rings is 1. The van der Waals surface area contributed by atoms with E-state index in [1.54, 1.807) is 18.2 Å². The highest BCUT2D eigenvalue weighted by Crippen LogP contribution is 2.33. The van der Waals surface area contributed by atoms with Gasteiger partial charge >= 0.3 is 5.97 Å². The van der Waals surface area contributed by atoms with E-state index in [-0.39, 0.29) is 83.1 Å². The maximum Gasteiger partial charge on any atom is 0.305 e. The Bertz CT molecular complexity index is 950. The van der Waals surface area contributed by atoms with Crippen LogP contribution in [0.5, 0.6) is 5.75 Å². The molecule has 184 valence electrons. The van der Waals surface area contributed by atoms with E-state index in [4.69, 9.17) is 19.3 Å². The number of ether oxygens (including phenoxy) is 3. The fourth-order valence-corrected chi connectivity index (χ4v) is 3.63. The van der Waals surface area contributed by atoms with Crippen molar-refractivity contribution in [2.75, 3.05) is 39.6 Å². The van der Waals surface area contributed by atoms with Crippen LogP contribution in [0, 0.1) is 0 Å². The van der Waals surface area contributed by atoms with Gasteiger partial charge in [-0.25, -0.2) is 0 Å². The summed E-state index contributed by atoms with van der Waals surface area (Å²) in [6.45, 7) is 1.06. The number of imide groups is 1. The molecule has 4 amide bonds. The largest absolute Gasteiger partial charge is 0.483 e. The number of carbonyl (C=O) groups is 5. The monoisotopic (exact) mass is 477 g/mol. The molecular formula is C22H27N3O9. The number of hydrogen-bond acceptors (Lipinski definition) is 8. The molecule has 1 fully saturated rings. The smallest absolute Gasteiger partial charge is 0.305 e. The Labute approximate surface area is 195 Å². The average Bonchev–Trinajstić information content (AvgIpc) is 3.13. The Morgan fingerprint density at radius 3 is 2.62 bits per heavy atom. The summed E-state index contributed by atoms with van der Waals surface area (Å²) in [4.78, 5) is 60.2. The highest BCUT2D eigenvalue weighted by Gasteiger charge is 2.40. The molecule has 1 atom stereocenters. The molecule has 2 aliphatic heterocycles. The molecule has 12 nitrogen and oxygen atoms in total. The predicted octanol–water partition coefficient (Wildman–Crippen LogP) is -0.549. The van der Waals surface area contributed by atoms with Crippen LogP contribution < -0.4 is 15.4 Å². The van der Waals surface area contributed by atoms with Crippen LogP contribution in [0.1, 0.15) is 35.2 Å². The molecule has 1 aromatic carbocycles. The van der Waals surface area contributed by atoms with Crippen molar-refractivity contribution in [1.29, 1.82) is 0 Å². The average molecular weight is 477 g/mol. The number of amides is 4. The number of fused-ring (bicyclic) bond motifs is 1. The molecule has 0 radical (unpaired) electrons. The molecule has 0 bridgehead atoms. The Balaban J connectivity index is 1.39. The third-order valence-corrected chi connectivity index (χ3v) is 5.30. The molecule has 34 heavy (non-hydrogen) atoms. The quantitative estimate of drug-likeness (QED) is 0.250. The van der Waals surface area contributed by atoms with Gasteiger partial charge in [0, 0.05) is 24.1 Å². The lowest BCUT2D eigenvalue weighted by molar-refractivity contribution is -0.139. The Morgan fingerprint density at radius 1 is 1.12 bits per heavy atom. The van der Waals surface area contributed by atoms with Gasteiger partial charge in [-0.05, 0) is 18.6 Å². The zero-order valence-corrected chi connectivity index (χ0v) is 18.5. The molecule has 0 aliphatic carbocycles. The number of aliphatic carboxylic acids is 1. The normalized spacial score (nSPS) is 17.4. The van der Waals surface area contributed by atoms with E-state index < -0.39 is 17.9 Å². The first-order valence-corrected chi connectivity index (χ1v) is 10.9. The first-order valence-electron chi connectivity index (χ1n) is 10.9. The minimum Gasteiger partial charge on any atom is -0.483 e. The molecule has 1 unspecified atom stereocenters. The molecule has 12 heteroatoms. The van der Waals surface area contributed by atoms with Gasteiger partial charge in [-0.2, -0.15) is 0 Å². The maximum absolute atomic E-state index is 12.8. The van der Waals surface area contributed by atoms with E-state index in [0.29, 0.717) is 16.9 Å². The Morgan fingerprint density at radius 2 is 1.88 bits per heavy atom. The van der Waals surface area contributed by atoms with Gasteiger partial charge in [0.05, 0.1) is 39.4 Å². The van der Waals surface area contributed by atoms with Gasteiger partial charge in [0.2, 0.25) is 11.8 Å². The molecule has 1 saturated heterocycles. The second-order valence-electron chi connectivity index (χ2n) is 7.69. The third kappa shape index (κ3) is 6.75. The molecule has 1 aromatic rings. The molecule has 2 heterocycles. The Hall–Kier alpha value is -3.51. The summed E-state index contributed by atoms with van der Waals surface area (Å²) in [6.07, 6.45) is 0.366. The van der Waals surface area contributed by atoms with E-state index >= 15 is 0 Å². The standard InChI is InChI=1S/C22H27N3O9/c26-18-5-4-16(21(30)24-18)25-12-15-14(22(25)31)2-1-3-17(15)34-13-19(27)23-7-9-33-11-10-32-8-6-20(28)29/h1-3,16H,4-13H2,(H,23,27)(H,28,29)(H,24,26,30). The minimum atomic E-state index is -0.926. The SMILES string of the molecule is O=C(O)CCOCCOCCNC(=O)COc1cccc2c1CN(C1CCC(=O)NC1=O)C2=O. The summed E-state index contributed by atoms with van der Waals surface area (Å²) in [7, 11) is 0. The van der Waals surface area contributed by atoms with Crippen molar-refractivity contribution in [3.05, 3.63) is 29.3 Å². The summed E-state index contributed by atoms with van der Waals surface area (Å²) in [5, 5.41) is 13.4. The third-order valence-electron chi connectivity index (χ3n) is 5.30. The van der Waals surface area contributed by atoms with Gasteiger partial charge < -0.3 is 29.5 Å². The fourth-order valence-electron chi connectivity index (χ4n) is 3.63. The lowest BCUT2D eigenvalue weighted by Gasteiger charge is -2.29. The molecule has 3 rings (SSSR count). The van der Waals surface area contributed by atoms with E-state index in [1.165, 1.54) is 4.90 Å². The maximum atomic E-state index is 12.8. The number of carboxylic acid groups (broad SMARTS) is 1. The van der Waals surface area contributed by atoms with E-state index in [1.807, 2.05) is 0 Å². The van der Waals surface area contributed by atoms with Crippen LogP contribution in [0.4, 0.5) is 0 Å². The lowest BCUT2D eigenvalue weighted by Crippen LogP contribution is -2.52. The molecule has 2 aliphatic rings. The van der Waals surface area contributed by atoms with Gasteiger partial charge in [-0.1, -0.05) is 6.07 Å². The molecule has 0 saturated carbocycles. The van der Waals surface area contributed by atoms with Gasteiger partial charge in [-0.3, -0.25) is 29.3 Å². The van der Waals surface area contributed by atoms with E-state index in [0.717, 1.165) is 0 Å².